The fourth-order valence-electron chi connectivity index (χ4n) is 3.75. The van der Waals surface area contributed by atoms with E-state index in [1.54, 1.807) is 24.3 Å². The summed E-state index contributed by atoms with van der Waals surface area (Å²) in [7, 11) is 0. The first kappa shape index (κ1) is 20.8. The summed E-state index contributed by atoms with van der Waals surface area (Å²) < 4.78 is 0. The van der Waals surface area contributed by atoms with Gasteiger partial charge in [0.05, 0.1) is 17.4 Å². The molecule has 1 aliphatic carbocycles. The molecule has 0 fully saturated rings. The number of para-hydroxylation sites is 2. The molecule has 4 rings (SSSR count). The first-order valence-corrected chi connectivity index (χ1v) is 10.4. The van der Waals surface area contributed by atoms with Crippen LogP contribution in [0.2, 0.25) is 5.02 Å². The van der Waals surface area contributed by atoms with Crippen molar-refractivity contribution < 1.29 is 9.59 Å². The van der Waals surface area contributed by atoms with Gasteiger partial charge in [0, 0.05) is 17.1 Å². The average molecular weight is 435 g/mol. The van der Waals surface area contributed by atoms with Crippen LogP contribution in [-0.2, 0) is 13.0 Å². The number of nitrogens with two attached hydrogens (primary N) is 1. The highest BCUT2D eigenvalue weighted by Crippen LogP contribution is 2.32. The number of rotatable bonds is 5. The van der Waals surface area contributed by atoms with Crippen LogP contribution in [-0.4, -0.2) is 11.9 Å². The van der Waals surface area contributed by atoms with Crippen LogP contribution in [0.25, 0.3) is 0 Å². The van der Waals surface area contributed by atoms with Crippen molar-refractivity contribution in [2.24, 2.45) is 0 Å². The van der Waals surface area contributed by atoms with Gasteiger partial charge in [0.1, 0.15) is 0 Å². The Morgan fingerprint density at radius 2 is 1.87 bits per heavy atom. The molecule has 0 bridgehead atoms. The largest absolute Gasteiger partial charge is 0.397 e. The van der Waals surface area contributed by atoms with Gasteiger partial charge in [0.25, 0.3) is 5.91 Å². The van der Waals surface area contributed by atoms with Crippen molar-refractivity contribution >= 4 is 34.9 Å². The van der Waals surface area contributed by atoms with Crippen molar-refractivity contribution in [3.05, 3.63) is 94.0 Å². The van der Waals surface area contributed by atoms with Crippen LogP contribution in [0.4, 0.5) is 16.2 Å². The topological polar surface area (TPSA) is 96.2 Å². The van der Waals surface area contributed by atoms with Gasteiger partial charge >= 0.3 is 6.03 Å². The minimum absolute atomic E-state index is 0.0868. The van der Waals surface area contributed by atoms with Crippen LogP contribution < -0.4 is 21.7 Å². The van der Waals surface area contributed by atoms with E-state index in [4.69, 9.17) is 17.3 Å². The van der Waals surface area contributed by atoms with Crippen molar-refractivity contribution in [1.82, 2.24) is 10.6 Å². The molecule has 158 valence electrons. The molecular weight excluding hydrogens is 412 g/mol. The molecule has 0 aromatic heterocycles. The molecule has 5 N–H and O–H groups in total. The number of nitrogens with one attached hydrogen (secondary N) is 3. The van der Waals surface area contributed by atoms with Crippen molar-refractivity contribution in [3.8, 4) is 0 Å². The summed E-state index contributed by atoms with van der Waals surface area (Å²) in [6.07, 6.45) is 1.58. The molecule has 0 spiro atoms. The van der Waals surface area contributed by atoms with E-state index in [1.165, 1.54) is 0 Å². The van der Waals surface area contributed by atoms with Crippen LogP contribution in [0.15, 0.2) is 66.7 Å². The van der Waals surface area contributed by atoms with E-state index < -0.39 is 0 Å². The van der Waals surface area contributed by atoms with Crippen molar-refractivity contribution in [3.63, 3.8) is 0 Å². The van der Waals surface area contributed by atoms with Crippen molar-refractivity contribution in [2.45, 2.75) is 25.4 Å². The van der Waals surface area contributed by atoms with E-state index in [9.17, 15) is 9.59 Å². The lowest BCUT2D eigenvalue weighted by Gasteiger charge is -2.15. The number of aryl methyl sites for hydroxylation is 1. The predicted octanol–water partition coefficient (Wildman–Crippen LogP) is 4.66. The van der Waals surface area contributed by atoms with Gasteiger partial charge in [-0.3, -0.25) is 4.79 Å². The number of nitrogen functional groups attached to an aromatic ring is 1. The fourth-order valence-corrected chi connectivity index (χ4v) is 3.97. The number of fused-ring (bicyclic) bond motifs is 1. The van der Waals surface area contributed by atoms with E-state index in [0.29, 0.717) is 28.5 Å². The third kappa shape index (κ3) is 4.98. The standard InChI is InChI=1S/C24H23ClN4O2/c25-18-5-3-4-15(12-18)14-27-24(31)29-21-11-9-16-13-17(8-10-19(16)21)23(30)28-22-7-2-1-6-20(22)26/h1-8,10,12-13,21H,9,11,14,26H2,(H,28,30)(H2,27,29,31). The highest BCUT2D eigenvalue weighted by Gasteiger charge is 2.25. The molecule has 7 heteroatoms. The Morgan fingerprint density at radius 3 is 2.68 bits per heavy atom. The Bertz CT molecular complexity index is 1130. The zero-order valence-corrected chi connectivity index (χ0v) is 17.6. The van der Waals surface area contributed by atoms with E-state index in [0.717, 1.165) is 29.5 Å². The molecule has 3 aromatic carbocycles. The molecule has 0 heterocycles. The zero-order valence-electron chi connectivity index (χ0n) is 16.8. The molecule has 3 amide bonds. The first-order chi connectivity index (χ1) is 15.0. The van der Waals surface area contributed by atoms with Crippen LogP contribution in [0.3, 0.4) is 0 Å². The fraction of sp³-hybridized carbons (Fsp3) is 0.167. The minimum atomic E-state index is -0.237. The lowest BCUT2D eigenvalue weighted by Crippen LogP contribution is -2.36. The van der Waals surface area contributed by atoms with E-state index in [-0.39, 0.29) is 18.0 Å². The Kier molecular flexibility index (Phi) is 6.09. The second-order valence-electron chi connectivity index (χ2n) is 7.50. The second kappa shape index (κ2) is 9.10. The van der Waals surface area contributed by atoms with Gasteiger partial charge in [-0.2, -0.15) is 0 Å². The number of hydrogen-bond acceptors (Lipinski definition) is 3. The zero-order chi connectivity index (χ0) is 21.8. The molecule has 0 saturated heterocycles. The highest BCUT2D eigenvalue weighted by molar-refractivity contribution is 6.30. The SMILES string of the molecule is Nc1ccccc1NC(=O)c1ccc2c(c1)CCC2NC(=O)NCc1cccc(Cl)c1. The maximum Gasteiger partial charge on any atom is 0.315 e. The van der Waals surface area contributed by atoms with E-state index >= 15 is 0 Å². The number of halogens is 1. The summed E-state index contributed by atoms with van der Waals surface area (Å²) in [5.74, 6) is -0.212. The molecule has 0 radical (unpaired) electrons. The lowest BCUT2D eigenvalue weighted by molar-refractivity contribution is 0.102. The highest BCUT2D eigenvalue weighted by atomic mass is 35.5. The van der Waals surface area contributed by atoms with Crippen LogP contribution in [0.1, 0.15) is 39.5 Å². The Balaban J connectivity index is 1.37. The van der Waals surface area contributed by atoms with E-state index in [1.807, 2.05) is 42.5 Å². The molecule has 1 unspecified atom stereocenters. The number of carbonyl (C=O) groups is 2. The van der Waals surface area contributed by atoms with Gasteiger partial charge in [-0.05, 0) is 65.9 Å². The van der Waals surface area contributed by atoms with Gasteiger partial charge in [0.15, 0.2) is 0 Å². The summed E-state index contributed by atoms with van der Waals surface area (Å²) in [5, 5.41) is 9.36. The number of amides is 3. The molecule has 1 aliphatic rings. The molecule has 1 atom stereocenters. The Labute approximate surface area is 185 Å². The lowest BCUT2D eigenvalue weighted by atomic mass is 10.0. The van der Waals surface area contributed by atoms with Gasteiger partial charge < -0.3 is 21.7 Å². The number of anilines is 2. The number of carbonyl (C=O) groups excluding carboxylic acids is 2. The summed E-state index contributed by atoms with van der Waals surface area (Å²) in [6, 6.07) is 19.8. The Hall–Kier alpha value is -3.51. The van der Waals surface area contributed by atoms with Gasteiger partial charge in [-0.15, -0.1) is 0 Å². The third-order valence-electron chi connectivity index (χ3n) is 5.34. The summed E-state index contributed by atoms with van der Waals surface area (Å²) in [6.45, 7) is 0.397. The van der Waals surface area contributed by atoms with Crippen LogP contribution in [0, 0.1) is 0 Å². The smallest absolute Gasteiger partial charge is 0.315 e. The second-order valence-corrected chi connectivity index (χ2v) is 7.94. The van der Waals surface area contributed by atoms with Crippen molar-refractivity contribution in [2.75, 3.05) is 11.1 Å². The molecule has 0 saturated carbocycles. The minimum Gasteiger partial charge on any atom is -0.397 e. The normalized spacial score (nSPS) is 14.5. The number of benzene rings is 3. The molecule has 0 aliphatic heterocycles. The van der Waals surface area contributed by atoms with E-state index in [2.05, 4.69) is 16.0 Å². The summed E-state index contributed by atoms with van der Waals surface area (Å²) in [5.41, 5.74) is 10.6. The maximum atomic E-state index is 12.6. The van der Waals surface area contributed by atoms with Crippen LogP contribution in [0.5, 0.6) is 0 Å². The molecule has 6 nitrogen and oxygen atoms in total. The first-order valence-electron chi connectivity index (χ1n) is 10.1. The monoisotopic (exact) mass is 434 g/mol. The number of hydrogen-bond donors (Lipinski definition) is 4. The average Bonchev–Trinajstić information content (AvgIpc) is 3.16. The third-order valence-corrected chi connectivity index (χ3v) is 5.57. The molecule has 31 heavy (non-hydrogen) atoms. The quantitative estimate of drug-likeness (QED) is 0.439. The Morgan fingerprint density at radius 1 is 1.03 bits per heavy atom. The van der Waals surface area contributed by atoms with Gasteiger partial charge in [0.2, 0.25) is 0 Å². The maximum absolute atomic E-state index is 12.6. The van der Waals surface area contributed by atoms with Crippen LogP contribution >= 0.6 is 11.6 Å². The summed E-state index contributed by atoms with van der Waals surface area (Å²) in [4.78, 5) is 25.0. The van der Waals surface area contributed by atoms with Gasteiger partial charge in [-0.1, -0.05) is 41.9 Å². The van der Waals surface area contributed by atoms with Gasteiger partial charge in [-0.25, -0.2) is 4.79 Å². The predicted molar refractivity (Wildman–Crippen MR) is 123 cm³/mol. The summed E-state index contributed by atoms with van der Waals surface area (Å²) >= 11 is 5.98. The number of urea groups is 1. The molecule has 3 aromatic rings. The van der Waals surface area contributed by atoms with Crippen molar-refractivity contribution in [1.29, 1.82) is 0 Å². The molecular formula is C24H23ClN4O2.